The minimum atomic E-state index is -0.446. The van der Waals surface area contributed by atoms with Crippen LogP contribution in [0.1, 0.15) is 18.2 Å². The molecule has 80 valence electrons. The summed E-state index contributed by atoms with van der Waals surface area (Å²) in [6, 6.07) is 3.00. The van der Waals surface area contributed by atoms with Gasteiger partial charge in [-0.1, -0.05) is 0 Å². The summed E-state index contributed by atoms with van der Waals surface area (Å²) in [6.45, 7) is 0. The van der Waals surface area contributed by atoms with Gasteiger partial charge in [-0.3, -0.25) is 4.79 Å². The Morgan fingerprint density at radius 3 is 2.79 bits per heavy atom. The molecule has 0 aliphatic rings. The number of methoxy groups -OCH3 is 1. The molecule has 1 heterocycles. The van der Waals surface area contributed by atoms with Gasteiger partial charge in [0.05, 0.1) is 19.6 Å². The number of hydrogen-bond donors (Lipinski definition) is 1. The van der Waals surface area contributed by atoms with E-state index in [4.69, 9.17) is 10.2 Å². The van der Waals surface area contributed by atoms with Crippen molar-refractivity contribution in [1.82, 2.24) is 0 Å². The highest BCUT2D eigenvalue weighted by atomic mass is 79.9. The van der Waals surface area contributed by atoms with Gasteiger partial charge in [-0.25, -0.2) is 0 Å². The number of halogens is 2. The van der Waals surface area contributed by atoms with Crippen molar-refractivity contribution in [3.8, 4) is 0 Å². The van der Waals surface area contributed by atoms with Gasteiger partial charge in [0.15, 0.2) is 4.67 Å². The van der Waals surface area contributed by atoms with Crippen molar-refractivity contribution < 1.29 is 13.9 Å². The third-order valence-electron chi connectivity index (χ3n) is 1.57. The smallest absolute Gasteiger partial charge is 0.307 e. The second kappa shape index (κ2) is 6.06. The van der Waals surface area contributed by atoms with E-state index in [-0.39, 0.29) is 24.8 Å². The summed E-state index contributed by atoms with van der Waals surface area (Å²) < 4.78 is 10.3. The van der Waals surface area contributed by atoms with Crippen LogP contribution < -0.4 is 5.73 Å². The number of ether oxygens (including phenoxy) is 1. The lowest BCUT2D eigenvalue weighted by atomic mass is 10.2. The third-order valence-corrected chi connectivity index (χ3v) is 2.00. The molecule has 1 rings (SSSR count). The van der Waals surface area contributed by atoms with Gasteiger partial charge < -0.3 is 14.9 Å². The van der Waals surface area contributed by atoms with Gasteiger partial charge in [-0.05, 0) is 28.1 Å². The predicted molar refractivity (Wildman–Crippen MR) is 57.2 cm³/mol. The fraction of sp³-hybridized carbons (Fsp3) is 0.375. The standard InChI is InChI=1S/C8H10BrNO3.ClH/c1-12-8(11)4-5(10)6-2-3-7(9)13-6;/h2-3,5H,4,10H2,1H3;1H/t5-;/m0./s1. The van der Waals surface area contributed by atoms with Crippen LogP contribution in [0.15, 0.2) is 21.2 Å². The molecule has 2 N–H and O–H groups in total. The third kappa shape index (κ3) is 3.69. The number of carbonyl (C=O) groups excluding carboxylic acids is 1. The van der Waals surface area contributed by atoms with Crippen molar-refractivity contribution >= 4 is 34.3 Å². The number of nitrogens with two attached hydrogens (primary N) is 1. The number of esters is 1. The molecule has 0 aromatic carbocycles. The van der Waals surface area contributed by atoms with Crippen molar-refractivity contribution in [2.75, 3.05) is 7.11 Å². The highest BCUT2D eigenvalue weighted by Gasteiger charge is 2.14. The van der Waals surface area contributed by atoms with E-state index in [2.05, 4.69) is 20.7 Å². The molecule has 0 fully saturated rings. The van der Waals surface area contributed by atoms with E-state index in [1.54, 1.807) is 12.1 Å². The van der Waals surface area contributed by atoms with E-state index in [0.717, 1.165) is 0 Å². The van der Waals surface area contributed by atoms with Gasteiger partial charge in [-0.15, -0.1) is 12.4 Å². The maximum atomic E-state index is 10.8. The molecule has 1 aromatic heterocycles. The Morgan fingerprint density at radius 2 is 2.36 bits per heavy atom. The van der Waals surface area contributed by atoms with E-state index in [1.165, 1.54) is 7.11 Å². The lowest BCUT2D eigenvalue weighted by Crippen LogP contribution is -2.15. The maximum absolute atomic E-state index is 10.8. The highest BCUT2D eigenvalue weighted by Crippen LogP contribution is 2.20. The van der Waals surface area contributed by atoms with Crippen LogP contribution in [-0.2, 0) is 9.53 Å². The van der Waals surface area contributed by atoms with Gasteiger partial charge >= 0.3 is 5.97 Å². The number of rotatable bonds is 3. The Labute approximate surface area is 96.3 Å². The Balaban J connectivity index is 0.00000169. The lowest BCUT2D eigenvalue weighted by molar-refractivity contribution is -0.141. The Bertz CT molecular complexity index is 303. The minimum Gasteiger partial charge on any atom is -0.469 e. The van der Waals surface area contributed by atoms with E-state index in [0.29, 0.717) is 10.4 Å². The monoisotopic (exact) mass is 283 g/mol. The fourth-order valence-corrected chi connectivity index (χ4v) is 1.21. The molecule has 1 atom stereocenters. The summed E-state index contributed by atoms with van der Waals surface area (Å²) >= 11 is 3.15. The van der Waals surface area contributed by atoms with Crippen LogP contribution in [0.5, 0.6) is 0 Å². The molecule has 0 aliphatic heterocycles. The van der Waals surface area contributed by atoms with Crippen molar-refractivity contribution in [1.29, 1.82) is 0 Å². The first-order valence-corrected chi connectivity index (χ1v) is 4.50. The van der Waals surface area contributed by atoms with Crippen molar-refractivity contribution in [2.45, 2.75) is 12.5 Å². The summed E-state index contributed by atoms with van der Waals surface area (Å²) in [6.07, 6.45) is 0.121. The molecule has 14 heavy (non-hydrogen) atoms. The molecule has 4 nitrogen and oxygen atoms in total. The SMILES string of the molecule is COC(=O)C[C@H](N)c1ccc(Br)o1.Cl. The molecule has 6 heteroatoms. The van der Waals surface area contributed by atoms with Crippen LogP contribution in [0.4, 0.5) is 0 Å². The van der Waals surface area contributed by atoms with Gasteiger partial charge in [0.2, 0.25) is 0 Å². The van der Waals surface area contributed by atoms with Gasteiger partial charge in [0.1, 0.15) is 5.76 Å². The van der Waals surface area contributed by atoms with Crippen LogP contribution in [0.2, 0.25) is 0 Å². The summed E-state index contributed by atoms with van der Waals surface area (Å²) in [5.41, 5.74) is 5.67. The molecule has 0 saturated carbocycles. The second-order valence-electron chi connectivity index (χ2n) is 2.53. The van der Waals surface area contributed by atoms with E-state index >= 15 is 0 Å². The summed E-state index contributed by atoms with van der Waals surface area (Å²) in [7, 11) is 1.33. The molecule has 0 bridgehead atoms. The molecule has 0 spiro atoms. The molecule has 0 radical (unpaired) electrons. The molecular formula is C8H11BrClNO3. The average Bonchev–Trinajstić information content (AvgIpc) is 2.51. The predicted octanol–water partition coefficient (Wildman–Crippen LogP) is 2.03. The summed E-state index contributed by atoms with van der Waals surface area (Å²) in [5, 5.41) is 0. The molecular weight excluding hydrogens is 273 g/mol. The van der Waals surface area contributed by atoms with Crippen LogP contribution in [0, 0.1) is 0 Å². The van der Waals surface area contributed by atoms with E-state index < -0.39 is 6.04 Å². The first kappa shape index (κ1) is 13.5. The zero-order valence-corrected chi connectivity index (χ0v) is 9.93. The summed E-state index contributed by atoms with van der Waals surface area (Å²) in [5.74, 6) is 0.220. The van der Waals surface area contributed by atoms with Gasteiger partial charge in [0.25, 0.3) is 0 Å². The summed E-state index contributed by atoms with van der Waals surface area (Å²) in [4.78, 5) is 10.8. The zero-order valence-electron chi connectivity index (χ0n) is 7.53. The van der Waals surface area contributed by atoms with Crippen LogP contribution >= 0.6 is 28.3 Å². The normalized spacial score (nSPS) is 11.6. The van der Waals surface area contributed by atoms with E-state index in [1.807, 2.05) is 0 Å². The van der Waals surface area contributed by atoms with Gasteiger partial charge in [-0.2, -0.15) is 0 Å². The van der Waals surface area contributed by atoms with Gasteiger partial charge in [0, 0.05) is 0 Å². The molecule has 0 saturated heterocycles. The van der Waals surface area contributed by atoms with Crippen molar-refractivity contribution in [3.05, 3.63) is 22.6 Å². The van der Waals surface area contributed by atoms with Crippen molar-refractivity contribution in [2.24, 2.45) is 5.73 Å². The number of furan rings is 1. The maximum Gasteiger partial charge on any atom is 0.307 e. The Kier molecular flexibility index (Phi) is 5.83. The quantitative estimate of drug-likeness (QED) is 0.863. The largest absolute Gasteiger partial charge is 0.469 e. The molecule has 0 aliphatic carbocycles. The van der Waals surface area contributed by atoms with Crippen LogP contribution in [-0.4, -0.2) is 13.1 Å². The van der Waals surface area contributed by atoms with Crippen molar-refractivity contribution in [3.63, 3.8) is 0 Å². The molecule has 0 unspecified atom stereocenters. The first-order valence-electron chi connectivity index (χ1n) is 3.71. The number of carbonyl (C=O) groups is 1. The molecule has 0 amide bonds. The van der Waals surface area contributed by atoms with Crippen LogP contribution in [0.25, 0.3) is 0 Å². The Hall–Kier alpha value is -0.520. The van der Waals surface area contributed by atoms with Crippen LogP contribution in [0.3, 0.4) is 0 Å². The second-order valence-corrected chi connectivity index (χ2v) is 3.31. The Morgan fingerprint density at radius 1 is 1.71 bits per heavy atom. The topological polar surface area (TPSA) is 65.5 Å². The average molecular weight is 285 g/mol. The van der Waals surface area contributed by atoms with E-state index in [9.17, 15) is 4.79 Å². The minimum absolute atomic E-state index is 0. The fourth-order valence-electron chi connectivity index (χ4n) is 0.891. The number of hydrogen-bond acceptors (Lipinski definition) is 4. The highest BCUT2D eigenvalue weighted by molar-refractivity contribution is 9.10. The molecule has 1 aromatic rings. The zero-order chi connectivity index (χ0) is 9.84. The lowest BCUT2D eigenvalue weighted by Gasteiger charge is -2.05. The first-order chi connectivity index (χ1) is 6.13.